The number of carbonyl (C=O) groups is 1. The van der Waals surface area contributed by atoms with Gasteiger partial charge in [-0.1, -0.05) is 6.07 Å². The molecule has 0 aromatic heterocycles. The Morgan fingerprint density at radius 2 is 1.80 bits per heavy atom. The van der Waals surface area contributed by atoms with Gasteiger partial charge in [-0.3, -0.25) is 4.31 Å². The maximum absolute atomic E-state index is 13.4. The fraction of sp³-hybridized carbons (Fsp3) is 0.188. The first-order valence-corrected chi connectivity index (χ1v) is 8.63. The summed E-state index contributed by atoms with van der Waals surface area (Å²) < 4.78 is 54.2. The third-order valence-corrected chi connectivity index (χ3v) is 5.71. The Morgan fingerprint density at radius 1 is 1.16 bits per heavy atom. The third-order valence-electron chi connectivity index (χ3n) is 3.91. The molecule has 3 rings (SSSR count). The number of hydrogen-bond donors (Lipinski definition) is 1. The summed E-state index contributed by atoms with van der Waals surface area (Å²) in [4.78, 5) is 11.2. The van der Waals surface area contributed by atoms with Crippen LogP contribution in [-0.4, -0.2) is 30.8 Å². The van der Waals surface area contributed by atoms with Crippen molar-refractivity contribution in [3.8, 4) is 0 Å². The van der Waals surface area contributed by atoms with E-state index in [1.807, 2.05) is 0 Å². The molecule has 1 aliphatic rings. The molecule has 6 nitrogen and oxygen atoms in total. The topological polar surface area (TPSA) is 77.9 Å². The first-order valence-electron chi connectivity index (χ1n) is 7.23. The molecule has 132 valence electrons. The van der Waals surface area contributed by atoms with Gasteiger partial charge in [0.05, 0.1) is 17.8 Å². The second-order valence-corrected chi connectivity index (χ2v) is 7.66. The van der Waals surface area contributed by atoms with Crippen LogP contribution in [0.4, 0.5) is 14.5 Å². The fourth-order valence-corrected chi connectivity index (χ4v) is 4.08. The van der Waals surface area contributed by atoms with E-state index < -0.39 is 27.8 Å². The lowest BCUT2D eigenvalue weighted by Gasteiger charge is -2.35. The van der Waals surface area contributed by atoms with Crippen molar-refractivity contribution in [2.75, 3.05) is 11.4 Å². The maximum atomic E-state index is 13.4. The Balaban J connectivity index is 2.12. The van der Waals surface area contributed by atoms with E-state index in [0.29, 0.717) is 11.6 Å². The second kappa shape index (κ2) is 6.08. The van der Waals surface area contributed by atoms with Gasteiger partial charge in [-0.15, -0.1) is 0 Å². The summed E-state index contributed by atoms with van der Waals surface area (Å²) in [5, 5.41) is 9.14. The minimum Gasteiger partial charge on any atom is -0.478 e. The molecule has 2 aromatic carbocycles. The van der Waals surface area contributed by atoms with Crippen LogP contribution in [-0.2, 0) is 23.3 Å². The van der Waals surface area contributed by atoms with Crippen LogP contribution < -0.4 is 4.31 Å². The van der Waals surface area contributed by atoms with Gasteiger partial charge in [-0.2, -0.15) is 12.7 Å². The van der Waals surface area contributed by atoms with E-state index in [2.05, 4.69) is 0 Å². The number of benzene rings is 2. The van der Waals surface area contributed by atoms with Crippen molar-refractivity contribution in [1.29, 1.82) is 0 Å². The van der Waals surface area contributed by atoms with Gasteiger partial charge in [-0.05, 0) is 35.4 Å². The van der Waals surface area contributed by atoms with Crippen LogP contribution in [0.25, 0.3) is 0 Å². The predicted octanol–water partition coefficient (Wildman–Crippen LogP) is 2.36. The van der Waals surface area contributed by atoms with Crippen molar-refractivity contribution in [2.24, 2.45) is 0 Å². The number of aromatic carboxylic acids is 1. The fourth-order valence-electron chi connectivity index (χ4n) is 2.71. The van der Waals surface area contributed by atoms with Crippen LogP contribution in [0.5, 0.6) is 0 Å². The van der Waals surface area contributed by atoms with Crippen LogP contribution >= 0.6 is 0 Å². The number of fused-ring (bicyclic) bond motifs is 1. The highest BCUT2D eigenvalue weighted by Gasteiger charge is 2.34. The molecule has 0 radical (unpaired) electrons. The van der Waals surface area contributed by atoms with Gasteiger partial charge in [0, 0.05) is 19.7 Å². The molecule has 1 aliphatic heterocycles. The van der Waals surface area contributed by atoms with E-state index in [-0.39, 0.29) is 29.9 Å². The number of carboxylic acid groups (broad SMARTS) is 1. The zero-order chi connectivity index (χ0) is 18.4. The highest BCUT2D eigenvalue weighted by atomic mass is 32.2. The third kappa shape index (κ3) is 3.20. The zero-order valence-corrected chi connectivity index (χ0v) is 13.9. The first-order chi connectivity index (χ1) is 11.7. The standard InChI is InChI=1S/C16H14F2N2O4S/c1-19-9-12-3-2-11(16(21)22)6-15(12)20(25(19,23)24)8-10-4-13(17)7-14(18)5-10/h2-7H,8-9H2,1H3,(H,21,22). The quantitative estimate of drug-likeness (QED) is 0.902. The summed E-state index contributed by atoms with van der Waals surface area (Å²) in [7, 11) is -2.58. The molecule has 0 aliphatic carbocycles. The SMILES string of the molecule is CN1Cc2ccc(C(=O)O)cc2N(Cc2cc(F)cc(F)c2)S1(=O)=O. The maximum Gasteiger partial charge on any atom is 0.335 e. The van der Waals surface area contributed by atoms with Crippen molar-refractivity contribution in [1.82, 2.24) is 4.31 Å². The van der Waals surface area contributed by atoms with E-state index in [9.17, 15) is 22.0 Å². The smallest absolute Gasteiger partial charge is 0.335 e. The molecule has 0 unspecified atom stereocenters. The molecule has 1 N–H and O–H groups in total. The minimum absolute atomic E-state index is 0.0750. The van der Waals surface area contributed by atoms with Crippen LogP contribution in [0.2, 0.25) is 0 Å². The van der Waals surface area contributed by atoms with E-state index in [0.717, 1.165) is 20.7 Å². The molecule has 9 heteroatoms. The number of nitrogens with zero attached hydrogens (tertiary/aromatic N) is 2. The Bertz CT molecular complexity index is 942. The summed E-state index contributed by atoms with van der Waals surface area (Å²) in [6.07, 6.45) is 0. The molecule has 25 heavy (non-hydrogen) atoms. The zero-order valence-electron chi connectivity index (χ0n) is 13.1. The van der Waals surface area contributed by atoms with Gasteiger partial charge in [0.25, 0.3) is 0 Å². The molecule has 0 amide bonds. The molecule has 0 bridgehead atoms. The van der Waals surface area contributed by atoms with Crippen LogP contribution in [0.15, 0.2) is 36.4 Å². The molecule has 0 saturated heterocycles. The number of halogens is 2. The molecule has 0 spiro atoms. The van der Waals surface area contributed by atoms with Gasteiger partial charge in [0.2, 0.25) is 0 Å². The van der Waals surface area contributed by atoms with Crippen LogP contribution in [0.1, 0.15) is 21.5 Å². The summed E-state index contributed by atoms with van der Waals surface area (Å²) in [6.45, 7) is -0.247. The monoisotopic (exact) mass is 368 g/mol. The average molecular weight is 368 g/mol. The summed E-state index contributed by atoms with van der Waals surface area (Å²) >= 11 is 0. The second-order valence-electron chi connectivity index (χ2n) is 5.70. The van der Waals surface area contributed by atoms with Gasteiger partial charge < -0.3 is 5.11 Å². The number of anilines is 1. The normalized spacial score (nSPS) is 16.5. The van der Waals surface area contributed by atoms with Crippen molar-refractivity contribution in [2.45, 2.75) is 13.1 Å². The molecule has 0 fully saturated rings. The van der Waals surface area contributed by atoms with Gasteiger partial charge in [-0.25, -0.2) is 13.6 Å². The van der Waals surface area contributed by atoms with Gasteiger partial charge in [0.1, 0.15) is 11.6 Å². The molecular weight excluding hydrogens is 354 g/mol. The van der Waals surface area contributed by atoms with E-state index >= 15 is 0 Å². The summed E-state index contributed by atoms with van der Waals surface area (Å²) in [5.41, 5.74) is 0.818. The van der Waals surface area contributed by atoms with E-state index in [4.69, 9.17) is 5.11 Å². The summed E-state index contributed by atoms with van der Waals surface area (Å²) in [6, 6.07) is 6.92. The number of rotatable bonds is 3. The Kier molecular flexibility index (Phi) is 4.21. The lowest BCUT2D eigenvalue weighted by atomic mass is 10.1. The minimum atomic E-state index is -3.95. The van der Waals surface area contributed by atoms with E-state index in [1.54, 1.807) is 0 Å². The van der Waals surface area contributed by atoms with Crippen molar-refractivity contribution >= 4 is 21.9 Å². The first kappa shape index (κ1) is 17.3. The van der Waals surface area contributed by atoms with Crippen molar-refractivity contribution < 1.29 is 27.1 Å². The van der Waals surface area contributed by atoms with Crippen molar-refractivity contribution in [3.05, 3.63) is 64.7 Å². The number of carboxylic acids is 1. The molecule has 2 aromatic rings. The Morgan fingerprint density at radius 3 is 2.40 bits per heavy atom. The summed E-state index contributed by atoms with van der Waals surface area (Å²) in [5.74, 6) is -2.84. The number of hydrogen-bond acceptors (Lipinski definition) is 3. The molecule has 0 saturated carbocycles. The Labute approximate surface area is 143 Å². The van der Waals surface area contributed by atoms with Gasteiger partial charge in [0.15, 0.2) is 0 Å². The molecule has 0 atom stereocenters. The highest BCUT2D eigenvalue weighted by Crippen LogP contribution is 2.34. The predicted molar refractivity (Wildman–Crippen MR) is 86.3 cm³/mol. The lowest BCUT2D eigenvalue weighted by molar-refractivity contribution is 0.0697. The molecule has 1 heterocycles. The van der Waals surface area contributed by atoms with Gasteiger partial charge >= 0.3 is 16.2 Å². The van der Waals surface area contributed by atoms with Crippen LogP contribution in [0, 0.1) is 11.6 Å². The Hall–Kier alpha value is -2.52. The average Bonchev–Trinajstić information content (AvgIpc) is 2.50. The molecular formula is C16H14F2N2O4S. The largest absolute Gasteiger partial charge is 0.478 e. The van der Waals surface area contributed by atoms with Crippen LogP contribution in [0.3, 0.4) is 0 Å². The van der Waals surface area contributed by atoms with Crippen molar-refractivity contribution in [3.63, 3.8) is 0 Å². The van der Waals surface area contributed by atoms with E-state index in [1.165, 1.54) is 25.2 Å². The highest BCUT2D eigenvalue weighted by molar-refractivity contribution is 7.90. The lowest BCUT2D eigenvalue weighted by Crippen LogP contribution is -2.45.